The first kappa shape index (κ1) is 36.6. The van der Waals surface area contributed by atoms with E-state index < -0.39 is 11.9 Å². The minimum atomic E-state index is -0.584. The highest BCUT2D eigenvalue weighted by molar-refractivity contribution is 7.15. The van der Waals surface area contributed by atoms with Crippen molar-refractivity contribution in [2.75, 3.05) is 26.3 Å². The van der Waals surface area contributed by atoms with E-state index in [1.165, 1.54) is 0 Å². The fraction of sp³-hybridized carbons (Fsp3) is 0.256. The maximum Gasteiger partial charge on any atom is 0.261 e. The van der Waals surface area contributed by atoms with Crippen molar-refractivity contribution < 1.29 is 28.7 Å². The van der Waals surface area contributed by atoms with Gasteiger partial charge in [-0.15, -0.1) is 21.5 Å². The number of carbonyl (C=O) groups is 4. The molecule has 13 nitrogen and oxygen atoms in total. The number of ether oxygens (including phenoxy) is 2. The number of nitrogens with one attached hydrogen (secondary N) is 3. The van der Waals surface area contributed by atoms with E-state index in [2.05, 4.69) is 40.0 Å². The Morgan fingerprint density at radius 2 is 1.72 bits per heavy atom. The molecule has 276 valence electrons. The highest BCUT2D eigenvalue weighted by atomic mass is 35.5. The summed E-state index contributed by atoms with van der Waals surface area (Å²) in [6, 6.07) is 18.6. The Bertz CT molecular complexity index is 2320. The monoisotopic (exact) mass is 765 g/mol. The molecule has 0 aliphatic carbocycles. The van der Waals surface area contributed by atoms with Gasteiger partial charge >= 0.3 is 0 Å². The van der Waals surface area contributed by atoms with Gasteiger partial charge in [0.2, 0.25) is 11.8 Å². The van der Waals surface area contributed by atoms with Crippen molar-refractivity contribution >= 4 is 52.3 Å². The summed E-state index contributed by atoms with van der Waals surface area (Å²) < 4.78 is 13.6. The van der Waals surface area contributed by atoms with E-state index in [0.29, 0.717) is 44.9 Å². The van der Waals surface area contributed by atoms with Gasteiger partial charge in [0.05, 0.1) is 37.3 Å². The molecule has 15 heteroatoms. The van der Waals surface area contributed by atoms with Crippen LogP contribution in [0.3, 0.4) is 0 Å². The van der Waals surface area contributed by atoms with Gasteiger partial charge < -0.3 is 20.1 Å². The standard InChI is InChI=1S/C39H36ClN7O6S/c1-21-22(2)54-39-33(21)35(24-10-12-27(40)13-11-24)43-29(36-46-45-23(3)47(36)39)20-31(48)41-14-16-52-17-15-42-37(50)26-7-4-8-28(18-26)53-30-9-5-6-25-19-32(49)44-38(51)34(25)30/h4-13,18,29H,14-17,19-20H2,1-3H3,(H,41,48)(H,42,50)(H,44,49,51)/t29-/m0/s1. The van der Waals surface area contributed by atoms with Crippen LogP contribution in [0.25, 0.3) is 5.00 Å². The maximum atomic E-state index is 13.2. The Hall–Kier alpha value is -5.70. The first-order chi connectivity index (χ1) is 26.1. The SMILES string of the molecule is Cc1sc2c(c1C)C(c1ccc(Cl)cc1)=N[C@@H](CC(=O)NCCOCCNC(=O)c1cccc(Oc3cccc4c3C(=O)NC(=O)C4)c1)c1nnc(C)n1-2. The molecule has 0 bridgehead atoms. The van der Waals surface area contributed by atoms with Gasteiger partial charge in [-0.1, -0.05) is 41.9 Å². The summed E-state index contributed by atoms with van der Waals surface area (Å²) in [5, 5.41) is 18.4. The number of aryl methyl sites for hydroxylation is 2. The number of aliphatic imine (C=N–C) groups is 1. The molecule has 4 amide bonds. The molecule has 0 saturated heterocycles. The first-order valence-electron chi connectivity index (χ1n) is 17.3. The van der Waals surface area contributed by atoms with Crippen molar-refractivity contribution in [1.29, 1.82) is 0 Å². The summed E-state index contributed by atoms with van der Waals surface area (Å²) in [5.41, 5.74) is 5.01. The van der Waals surface area contributed by atoms with Crippen LogP contribution in [0.15, 0.2) is 71.7 Å². The summed E-state index contributed by atoms with van der Waals surface area (Å²) in [6.45, 7) is 7.01. The van der Waals surface area contributed by atoms with Gasteiger partial charge in [0.1, 0.15) is 28.4 Å². The molecule has 0 spiro atoms. The van der Waals surface area contributed by atoms with Gasteiger partial charge in [-0.25, -0.2) is 0 Å². The average Bonchev–Trinajstić information content (AvgIpc) is 3.62. The Morgan fingerprint density at radius 3 is 2.52 bits per heavy atom. The number of thiophene rings is 1. The molecule has 4 heterocycles. The van der Waals surface area contributed by atoms with Crippen molar-refractivity contribution in [3.8, 4) is 16.5 Å². The number of hydrogen-bond acceptors (Lipinski definition) is 10. The normalized spacial score (nSPS) is 14.6. The largest absolute Gasteiger partial charge is 0.457 e. The van der Waals surface area contributed by atoms with E-state index in [1.807, 2.05) is 35.8 Å². The van der Waals surface area contributed by atoms with Crippen molar-refractivity contribution in [2.45, 2.75) is 39.7 Å². The molecule has 0 unspecified atom stereocenters. The molecule has 5 aromatic rings. The van der Waals surface area contributed by atoms with Crippen molar-refractivity contribution in [1.82, 2.24) is 30.7 Å². The number of imide groups is 1. The summed E-state index contributed by atoms with van der Waals surface area (Å²) in [7, 11) is 0. The summed E-state index contributed by atoms with van der Waals surface area (Å²) in [6.07, 6.45) is 0.138. The summed E-state index contributed by atoms with van der Waals surface area (Å²) in [5.74, 6) is 0.530. The van der Waals surface area contributed by atoms with Gasteiger partial charge in [-0.2, -0.15) is 0 Å². The number of nitrogens with zero attached hydrogens (tertiary/aromatic N) is 4. The number of aromatic nitrogens is 3. The number of hydrogen-bond donors (Lipinski definition) is 3. The number of amides is 4. The fourth-order valence-corrected chi connectivity index (χ4v) is 7.72. The van der Waals surface area contributed by atoms with E-state index in [1.54, 1.807) is 53.8 Å². The first-order valence-corrected chi connectivity index (χ1v) is 18.5. The Balaban J connectivity index is 0.910. The van der Waals surface area contributed by atoms with Crippen LogP contribution in [0.4, 0.5) is 0 Å². The Kier molecular flexibility index (Phi) is 10.7. The number of fused-ring (bicyclic) bond motifs is 4. The van der Waals surface area contributed by atoms with Crippen molar-refractivity contribution in [2.24, 2.45) is 4.99 Å². The zero-order valence-corrected chi connectivity index (χ0v) is 31.3. The van der Waals surface area contributed by atoms with E-state index in [-0.39, 0.29) is 56.9 Å². The molecule has 3 N–H and O–H groups in total. The lowest BCUT2D eigenvalue weighted by Gasteiger charge is -2.18. The highest BCUT2D eigenvalue weighted by Crippen LogP contribution is 2.39. The molecule has 54 heavy (non-hydrogen) atoms. The summed E-state index contributed by atoms with van der Waals surface area (Å²) >= 11 is 7.86. The van der Waals surface area contributed by atoms with Gasteiger partial charge in [0.25, 0.3) is 11.8 Å². The topological polar surface area (TPSA) is 166 Å². The van der Waals surface area contributed by atoms with E-state index >= 15 is 0 Å². The molecular weight excluding hydrogens is 730 g/mol. The van der Waals surface area contributed by atoms with Crippen LogP contribution in [-0.2, 0) is 20.7 Å². The second kappa shape index (κ2) is 15.7. The maximum absolute atomic E-state index is 13.2. The lowest BCUT2D eigenvalue weighted by Crippen LogP contribution is -2.37. The van der Waals surface area contributed by atoms with E-state index in [0.717, 1.165) is 32.3 Å². The lowest BCUT2D eigenvalue weighted by molar-refractivity contribution is -0.122. The number of halogens is 1. The van der Waals surface area contributed by atoms with Crippen molar-refractivity contribution in [3.63, 3.8) is 0 Å². The van der Waals surface area contributed by atoms with Crippen LogP contribution in [0.2, 0.25) is 5.02 Å². The van der Waals surface area contributed by atoms with Crippen molar-refractivity contribution in [3.05, 3.63) is 122 Å². The third kappa shape index (κ3) is 7.67. The van der Waals surface area contributed by atoms with E-state index in [4.69, 9.17) is 26.1 Å². The number of carbonyl (C=O) groups excluding carboxylic acids is 4. The van der Waals surface area contributed by atoms with Crippen LogP contribution in [-0.4, -0.2) is 70.4 Å². The smallest absolute Gasteiger partial charge is 0.261 e. The third-order valence-corrected chi connectivity index (χ3v) is 10.5. The Labute approximate surface area is 319 Å². The number of benzene rings is 3. The van der Waals surface area contributed by atoms with Gasteiger partial charge in [0.15, 0.2) is 5.82 Å². The number of rotatable bonds is 12. The zero-order valence-electron chi connectivity index (χ0n) is 29.7. The predicted molar refractivity (Wildman–Crippen MR) is 203 cm³/mol. The van der Waals surface area contributed by atoms with Crippen LogP contribution in [0.1, 0.15) is 72.0 Å². The third-order valence-electron chi connectivity index (χ3n) is 9.10. The quantitative estimate of drug-likeness (QED) is 0.113. The van der Waals surface area contributed by atoms with Gasteiger partial charge in [-0.3, -0.25) is 34.1 Å². The van der Waals surface area contributed by atoms with Crippen LogP contribution < -0.4 is 20.7 Å². The van der Waals surface area contributed by atoms with Crippen LogP contribution in [0.5, 0.6) is 11.5 Å². The van der Waals surface area contributed by atoms with Gasteiger partial charge in [-0.05, 0) is 68.3 Å². The highest BCUT2D eigenvalue weighted by Gasteiger charge is 2.32. The molecule has 3 aromatic carbocycles. The molecule has 1 atom stereocenters. The second-order valence-electron chi connectivity index (χ2n) is 12.8. The fourth-order valence-electron chi connectivity index (χ4n) is 6.38. The lowest BCUT2D eigenvalue weighted by atomic mass is 9.99. The summed E-state index contributed by atoms with van der Waals surface area (Å²) in [4.78, 5) is 56.6. The molecule has 0 fully saturated rings. The molecule has 7 rings (SSSR count). The van der Waals surface area contributed by atoms with Crippen LogP contribution >= 0.6 is 22.9 Å². The van der Waals surface area contributed by atoms with Gasteiger partial charge in [0, 0.05) is 39.7 Å². The predicted octanol–water partition coefficient (Wildman–Crippen LogP) is 5.36. The minimum absolute atomic E-state index is 0.0562. The minimum Gasteiger partial charge on any atom is -0.457 e. The molecule has 0 saturated carbocycles. The zero-order chi connectivity index (χ0) is 37.9. The van der Waals surface area contributed by atoms with Crippen LogP contribution in [0, 0.1) is 20.8 Å². The van der Waals surface area contributed by atoms with E-state index in [9.17, 15) is 19.2 Å². The molecular formula is C39H36ClN7O6S. The molecule has 2 aliphatic rings. The molecule has 0 radical (unpaired) electrons. The Morgan fingerprint density at radius 1 is 0.963 bits per heavy atom. The molecule has 2 aromatic heterocycles. The molecule has 2 aliphatic heterocycles. The average molecular weight is 766 g/mol. The second-order valence-corrected chi connectivity index (χ2v) is 14.4.